The summed E-state index contributed by atoms with van der Waals surface area (Å²) in [5, 5.41) is 13.3. The first kappa shape index (κ1) is 11.5. The number of para-hydroxylation sites is 1. The number of hydrogen-bond acceptors (Lipinski definition) is 4. The zero-order valence-electron chi connectivity index (χ0n) is 11.2. The number of pyridine rings is 1. The number of nitrogens with zero attached hydrogens (tertiary/aromatic N) is 4. The highest BCUT2D eigenvalue weighted by atomic mass is 15.3. The van der Waals surface area contributed by atoms with Crippen molar-refractivity contribution in [3.05, 3.63) is 42.4 Å². The van der Waals surface area contributed by atoms with Crippen molar-refractivity contribution in [1.29, 1.82) is 0 Å². The molecule has 5 heteroatoms. The number of rotatable bonds is 1. The molecule has 0 radical (unpaired) electrons. The molecule has 2 aromatic heterocycles. The second-order valence-corrected chi connectivity index (χ2v) is 5.08. The van der Waals surface area contributed by atoms with Gasteiger partial charge in [-0.2, -0.15) is 0 Å². The van der Waals surface area contributed by atoms with E-state index in [1.807, 2.05) is 30.5 Å². The molecule has 1 aromatic carbocycles. The molecule has 1 atom stereocenters. The molecule has 1 aliphatic rings. The molecule has 0 saturated heterocycles. The van der Waals surface area contributed by atoms with Gasteiger partial charge >= 0.3 is 0 Å². The maximum Gasteiger partial charge on any atom is 0.164 e. The van der Waals surface area contributed by atoms with Crippen LogP contribution >= 0.6 is 0 Å². The first-order valence-corrected chi connectivity index (χ1v) is 6.85. The van der Waals surface area contributed by atoms with Crippen LogP contribution in [0.25, 0.3) is 22.3 Å². The van der Waals surface area contributed by atoms with Crippen LogP contribution in [0.4, 0.5) is 0 Å². The number of hydrogen-bond donors (Lipinski definition) is 1. The van der Waals surface area contributed by atoms with Crippen LogP contribution in [0, 0.1) is 0 Å². The summed E-state index contributed by atoms with van der Waals surface area (Å²) in [6, 6.07) is 10.4. The Balaban J connectivity index is 1.96. The van der Waals surface area contributed by atoms with Gasteiger partial charge in [0.1, 0.15) is 5.82 Å². The standard InChI is InChI=1S/C15H15N5/c1-10-14-18-19-15(20(14)9-8-16-10)12-6-7-17-13-5-3-2-4-11(12)13/h2-7,10,16H,8-9H2,1H3. The molecule has 0 saturated carbocycles. The molecule has 5 nitrogen and oxygen atoms in total. The second-order valence-electron chi connectivity index (χ2n) is 5.08. The Labute approximate surface area is 116 Å². The van der Waals surface area contributed by atoms with E-state index in [1.54, 1.807) is 0 Å². The Morgan fingerprint density at radius 1 is 1.20 bits per heavy atom. The van der Waals surface area contributed by atoms with E-state index in [2.05, 4.69) is 38.1 Å². The Hall–Kier alpha value is -2.27. The first-order chi connectivity index (χ1) is 9.84. The fourth-order valence-electron chi connectivity index (χ4n) is 2.83. The summed E-state index contributed by atoms with van der Waals surface area (Å²) in [6.07, 6.45) is 1.84. The number of benzene rings is 1. The fourth-order valence-corrected chi connectivity index (χ4v) is 2.83. The van der Waals surface area contributed by atoms with Crippen LogP contribution in [0.5, 0.6) is 0 Å². The van der Waals surface area contributed by atoms with Gasteiger partial charge in [0.15, 0.2) is 5.82 Å². The zero-order valence-corrected chi connectivity index (χ0v) is 11.2. The third kappa shape index (κ3) is 1.63. The summed E-state index contributed by atoms with van der Waals surface area (Å²) in [5.41, 5.74) is 2.09. The highest BCUT2D eigenvalue weighted by Gasteiger charge is 2.22. The number of aromatic nitrogens is 4. The van der Waals surface area contributed by atoms with Gasteiger partial charge in [-0.05, 0) is 19.1 Å². The van der Waals surface area contributed by atoms with Crippen molar-refractivity contribution in [1.82, 2.24) is 25.1 Å². The van der Waals surface area contributed by atoms with E-state index in [9.17, 15) is 0 Å². The smallest absolute Gasteiger partial charge is 0.164 e. The average molecular weight is 265 g/mol. The van der Waals surface area contributed by atoms with Crippen molar-refractivity contribution in [2.45, 2.75) is 19.5 Å². The molecule has 3 aromatic rings. The van der Waals surface area contributed by atoms with E-state index in [1.165, 1.54) is 0 Å². The van der Waals surface area contributed by atoms with Crippen molar-refractivity contribution >= 4 is 10.9 Å². The van der Waals surface area contributed by atoms with Gasteiger partial charge < -0.3 is 9.88 Å². The van der Waals surface area contributed by atoms with Gasteiger partial charge in [0.05, 0.1) is 11.6 Å². The summed E-state index contributed by atoms with van der Waals surface area (Å²) in [5.74, 6) is 1.94. The molecule has 3 heterocycles. The number of nitrogens with one attached hydrogen (secondary N) is 1. The van der Waals surface area contributed by atoms with E-state index in [4.69, 9.17) is 0 Å². The van der Waals surface area contributed by atoms with Crippen molar-refractivity contribution in [2.75, 3.05) is 6.54 Å². The van der Waals surface area contributed by atoms with Crippen molar-refractivity contribution in [3.8, 4) is 11.4 Å². The minimum Gasteiger partial charge on any atom is -0.308 e. The normalized spacial score (nSPS) is 18.1. The average Bonchev–Trinajstić information content (AvgIpc) is 2.92. The van der Waals surface area contributed by atoms with E-state index in [0.717, 1.165) is 41.2 Å². The second kappa shape index (κ2) is 4.38. The Morgan fingerprint density at radius 3 is 3.05 bits per heavy atom. The Kier molecular flexibility index (Phi) is 2.53. The van der Waals surface area contributed by atoms with E-state index >= 15 is 0 Å². The molecule has 0 aliphatic carbocycles. The van der Waals surface area contributed by atoms with Crippen LogP contribution < -0.4 is 5.32 Å². The molecule has 0 fully saturated rings. The molecular formula is C15H15N5. The lowest BCUT2D eigenvalue weighted by Gasteiger charge is -2.22. The van der Waals surface area contributed by atoms with Crippen LogP contribution in [0.15, 0.2) is 36.5 Å². The van der Waals surface area contributed by atoms with Crippen LogP contribution in [-0.2, 0) is 6.54 Å². The van der Waals surface area contributed by atoms with Crippen LogP contribution in [0.3, 0.4) is 0 Å². The van der Waals surface area contributed by atoms with Gasteiger partial charge in [-0.25, -0.2) is 0 Å². The molecule has 1 aliphatic heterocycles. The molecular weight excluding hydrogens is 250 g/mol. The van der Waals surface area contributed by atoms with Gasteiger partial charge in [-0.15, -0.1) is 10.2 Å². The molecule has 100 valence electrons. The van der Waals surface area contributed by atoms with Crippen molar-refractivity contribution < 1.29 is 0 Å². The minimum absolute atomic E-state index is 0.248. The zero-order chi connectivity index (χ0) is 13.5. The van der Waals surface area contributed by atoms with Crippen LogP contribution in [-0.4, -0.2) is 26.3 Å². The highest BCUT2D eigenvalue weighted by Crippen LogP contribution is 2.28. The number of fused-ring (bicyclic) bond motifs is 2. The van der Waals surface area contributed by atoms with Crippen molar-refractivity contribution in [2.24, 2.45) is 0 Å². The maximum absolute atomic E-state index is 4.41. The largest absolute Gasteiger partial charge is 0.308 e. The van der Waals surface area contributed by atoms with Gasteiger partial charge in [0, 0.05) is 30.2 Å². The Morgan fingerprint density at radius 2 is 2.10 bits per heavy atom. The summed E-state index contributed by atoms with van der Waals surface area (Å²) < 4.78 is 2.21. The van der Waals surface area contributed by atoms with Crippen molar-refractivity contribution in [3.63, 3.8) is 0 Å². The lowest BCUT2D eigenvalue weighted by atomic mass is 10.1. The van der Waals surface area contributed by atoms with Gasteiger partial charge in [0.2, 0.25) is 0 Å². The topological polar surface area (TPSA) is 55.6 Å². The quantitative estimate of drug-likeness (QED) is 0.732. The van der Waals surface area contributed by atoms with Gasteiger partial charge in [0.25, 0.3) is 0 Å². The lowest BCUT2D eigenvalue weighted by molar-refractivity contribution is 0.439. The van der Waals surface area contributed by atoms with Crippen LogP contribution in [0.1, 0.15) is 18.8 Å². The molecule has 1 unspecified atom stereocenters. The highest BCUT2D eigenvalue weighted by molar-refractivity contribution is 5.92. The third-order valence-corrected chi connectivity index (χ3v) is 3.84. The molecule has 1 N–H and O–H groups in total. The third-order valence-electron chi connectivity index (χ3n) is 3.84. The van der Waals surface area contributed by atoms with Crippen LogP contribution in [0.2, 0.25) is 0 Å². The summed E-state index contributed by atoms with van der Waals surface area (Å²) >= 11 is 0. The summed E-state index contributed by atoms with van der Waals surface area (Å²) in [7, 11) is 0. The first-order valence-electron chi connectivity index (χ1n) is 6.85. The summed E-state index contributed by atoms with van der Waals surface area (Å²) in [6.45, 7) is 3.97. The maximum atomic E-state index is 4.41. The molecule has 0 bridgehead atoms. The van der Waals surface area contributed by atoms with E-state index < -0.39 is 0 Å². The SMILES string of the molecule is CC1NCCn2c(-c3ccnc4ccccc34)nnc21. The van der Waals surface area contributed by atoms with Gasteiger partial charge in [-0.1, -0.05) is 18.2 Å². The molecule has 0 spiro atoms. The molecule has 0 amide bonds. The minimum atomic E-state index is 0.248. The van der Waals surface area contributed by atoms with Gasteiger partial charge in [-0.3, -0.25) is 4.98 Å². The molecule has 20 heavy (non-hydrogen) atoms. The van der Waals surface area contributed by atoms with E-state index in [-0.39, 0.29) is 6.04 Å². The fraction of sp³-hybridized carbons (Fsp3) is 0.267. The van der Waals surface area contributed by atoms with E-state index in [0.29, 0.717) is 0 Å². The predicted molar refractivity (Wildman–Crippen MR) is 77.2 cm³/mol. The monoisotopic (exact) mass is 265 g/mol. The predicted octanol–water partition coefficient (Wildman–Crippen LogP) is 2.16. The molecule has 4 rings (SSSR count). The Bertz CT molecular complexity index is 772. The summed E-state index contributed by atoms with van der Waals surface area (Å²) in [4.78, 5) is 4.41. The lowest BCUT2D eigenvalue weighted by Crippen LogP contribution is -2.32.